The first-order valence-corrected chi connectivity index (χ1v) is 12.3. The van der Waals surface area contributed by atoms with E-state index in [4.69, 9.17) is 23.2 Å². The number of allylic oxidation sites excluding steroid dienone is 4. The van der Waals surface area contributed by atoms with Crippen LogP contribution < -0.4 is 10.2 Å². The summed E-state index contributed by atoms with van der Waals surface area (Å²) in [5, 5.41) is 9.64. The lowest BCUT2D eigenvalue weighted by molar-refractivity contribution is -0.133. The topological polar surface area (TPSA) is 53.4 Å². The van der Waals surface area contributed by atoms with Crippen molar-refractivity contribution in [3.05, 3.63) is 47.7 Å². The van der Waals surface area contributed by atoms with Gasteiger partial charge in [0.25, 0.3) is 0 Å². The Kier molecular flexibility index (Phi) is 6.19. The molecule has 1 amide bonds. The van der Waals surface area contributed by atoms with Gasteiger partial charge in [0.05, 0.1) is 29.2 Å². The third-order valence-electron chi connectivity index (χ3n) is 7.00. The van der Waals surface area contributed by atoms with Crippen LogP contribution in [0.4, 0.5) is 5.69 Å². The van der Waals surface area contributed by atoms with Crippen molar-refractivity contribution in [2.75, 3.05) is 37.6 Å². The zero-order valence-corrected chi connectivity index (χ0v) is 19.8. The second-order valence-electron chi connectivity index (χ2n) is 8.97. The van der Waals surface area contributed by atoms with Gasteiger partial charge in [-0.1, -0.05) is 17.7 Å². The molecule has 170 valence electrons. The number of benzene rings is 1. The van der Waals surface area contributed by atoms with Crippen molar-refractivity contribution in [2.24, 2.45) is 5.92 Å². The molecule has 3 aliphatic rings. The van der Waals surface area contributed by atoms with E-state index in [1.54, 1.807) is 0 Å². The number of rotatable bonds is 4. The number of piperazine rings is 1. The van der Waals surface area contributed by atoms with E-state index in [0.29, 0.717) is 5.03 Å². The van der Waals surface area contributed by atoms with E-state index in [2.05, 4.69) is 51.2 Å². The van der Waals surface area contributed by atoms with E-state index >= 15 is 0 Å². The molecule has 1 aromatic heterocycles. The maximum atomic E-state index is 12.7. The number of carbonyl (C=O) groups excluding carboxylic acids is 1. The van der Waals surface area contributed by atoms with Gasteiger partial charge in [-0.3, -0.25) is 9.48 Å². The Morgan fingerprint density at radius 3 is 2.78 bits per heavy atom. The number of hydrogen-bond donors (Lipinski definition) is 1. The van der Waals surface area contributed by atoms with E-state index in [1.165, 1.54) is 5.69 Å². The molecule has 3 unspecified atom stereocenters. The molecule has 0 radical (unpaired) electrons. The fourth-order valence-electron chi connectivity index (χ4n) is 5.07. The minimum atomic E-state index is -0.162. The summed E-state index contributed by atoms with van der Waals surface area (Å²) >= 11 is 12.7. The Bertz CT molecular complexity index is 1050. The van der Waals surface area contributed by atoms with Gasteiger partial charge in [0.2, 0.25) is 5.91 Å². The van der Waals surface area contributed by atoms with Crippen molar-refractivity contribution in [2.45, 2.75) is 37.2 Å². The highest BCUT2D eigenvalue weighted by molar-refractivity contribution is 6.32. The third-order valence-corrected chi connectivity index (χ3v) is 7.67. The Labute approximate surface area is 198 Å². The first-order valence-electron chi connectivity index (χ1n) is 11.5. The molecule has 1 N–H and O–H groups in total. The van der Waals surface area contributed by atoms with Gasteiger partial charge in [-0.05, 0) is 56.7 Å². The predicted octanol–water partition coefficient (Wildman–Crippen LogP) is 3.91. The monoisotopic (exact) mass is 473 g/mol. The van der Waals surface area contributed by atoms with Gasteiger partial charge in [-0.15, -0.1) is 11.6 Å². The van der Waals surface area contributed by atoms with Gasteiger partial charge in [-0.25, -0.2) is 0 Å². The fraction of sp³-hybridized carbons (Fsp3) is 0.500. The highest BCUT2D eigenvalue weighted by Gasteiger charge is 2.30. The van der Waals surface area contributed by atoms with Crippen LogP contribution in [0.15, 0.2) is 47.7 Å². The van der Waals surface area contributed by atoms with Gasteiger partial charge >= 0.3 is 0 Å². The van der Waals surface area contributed by atoms with Crippen molar-refractivity contribution in [3.8, 4) is 0 Å². The van der Waals surface area contributed by atoms with Gasteiger partial charge < -0.3 is 15.1 Å². The fourth-order valence-corrected chi connectivity index (χ4v) is 5.77. The molecule has 0 spiro atoms. The molecule has 8 heteroatoms. The molecule has 3 heterocycles. The van der Waals surface area contributed by atoms with E-state index in [1.807, 2.05) is 23.2 Å². The zero-order valence-electron chi connectivity index (χ0n) is 18.3. The maximum absolute atomic E-state index is 12.7. The molecule has 2 fully saturated rings. The van der Waals surface area contributed by atoms with Crippen LogP contribution in [0.2, 0.25) is 0 Å². The number of carbonyl (C=O) groups is 1. The minimum Gasteiger partial charge on any atom is -0.368 e. The summed E-state index contributed by atoms with van der Waals surface area (Å²) in [5.74, 6) is 0.375. The number of nitrogens with zero attached hydrogens (tertiary/aromatic N) is 4. The second-order valence-corrected chi connectivity index (χ2v) is 9.91. The normalized spacial score (nSPS) is 27.1. The summed E-state index contributed by atoms with van der Waals surface area (Å²) in [6.07, 6.45) is 9.85. The van der Waals surface area contributed by atoms with Crippen molar-refractivity contribution in [1.82, 2.24) is 20.0 Å². The van der Waals surface area contributed by atoms with Crippen LogP contribution in [0.25, 0.3) is 10.9 Å². The number of halogens is 2. The Morgan fingerprint density at radius 1 is 1.25 bits per heavy atom. The summed E-state index contributed by atoms with van der Waals surface area (Å²) < 4.78 is 2.07. The molecule has 5 rings (SSSR count). The first kappa shape index (κ1) is 21.8. The van der Waals surface area contributed by atoms with E-state index < -0.39 is 0 Å². The van der Waals surface area contributed by atoms with E-state index in [9.17, 15) is 4.79 Å². The maximum Gasteiger partial charge on any atom is 0.239 e. The lowest BCUT2D eigenvalue weighted by Gasteiger charge is -2.37. The summed E-state index contributed by atoms with van der Waals surface area (Å²) in [4.78, 5) is 17.1. The third kappa shape index (κ3) is 4.16. The van der Waals surface area contributed by atoms with Crippen LogP contribution in [0.5, 0.6) is 0 Å². The lowest BCUT2D eigenvalue weighted by atomic mass is 9.93. The van der Waals surface area contributed by atoms with Crippen molar-refractivity contribution in [3.63, 3.8) is 0 Å². The molecule has 4 atom stereocenters. The van der Waals surface area contributed by atoms with Crippen molar-refractivity contribution in [1.29, 1.82) is 0 Å². The molecule has 2 saturated heterocycles. The van der Waals surface area contributed by atoms with E-state index in [-0.39, 0.29) is 29.3 Å². The van der Waals surface area contributed by atoms with Crippen LogP contribution in [-0.4, -0.2) is 64.7 Å². The van der Waals surface area contributed by atoms with Gasteiger partial charge in [0, 0.05) is 48.2 Å². The van der Waals surface area contributed by atoms with E-state index in [0.717, 1.165) is 56.5 Å². The largest absolute Gasteiger partial charge is 0.368 e. The Balaban J connectivity index is 1.31. The van der Waals surface area contributed by atoms with Gasteiger partial charge in [0.1, 0.15) is 0 Å². The summed E-state index contributed by atoms with van der Waals surface area (Å²) in [7, 11) is 0. The average molecular weight is 474 g/mol. The highest BCUT2D eigenvalue weighted by atomic mass is 35.5. The molecule has 0 bridgehead atoms. The number of amides is 1. The summed E-state index contributed by atoms with van der Waals surface area (Å²) in [5.41, 5.74) is 2.27. The molecule has 32 heavy (non-hydrogen) atoms. The van der Waals surface area contributed by atoms with Crippen LogP contribution in [-0.2, 0) is 4.79 Å². The van der Waals surface area contributed by atoms with Crippen LogP contribution in [0.3, 0.4) is 0 Å². The molecule has 2 aromatic rings. The Morgan fingerprint density at radius 2 is 2.06 bits per heavy atom. The molecular formula is C24H29Cl2N5O. The standard InChI is InChI=1S/C24H29Cl2N5O/c1-16(20-7-5-18(25)13-21(20)26)31-23-14-19(6-4-17(23)15-28-31)29-9-11-30(12-10-29)24(32)22-3-2-8-27-22/h4-7,13-16,20-22,27H,2-3,8-12H2,1H3/t16?,20?,21?,22-/m1/s1. The second kappa shape index (κ2) is 9.08. The van der Waals surface area contributed by atoms with Gasteiger partial charge in [-0.2, -0.15) is 5.10 Å². The number of alkyl halides is 1. The highest BCUT2D eigenvalue weighted by Crippen LogP contribution is 2.34. The zero-order chi connectivity index (χ0) is 22.2. The van der Waals surface area contributed by atoms with Crippen LogP contribution >= 0.6 is 23.2 Å². The number of fused-ring (bicyclic) bond motifs is 1. The SMILES string of the molecule is CC(C1C=CC(Cl)=CC1Cl)n1ncc2ccc(N3CCN(C(=O)[C@H]4CCCN4)CC3)cc21. The number of anilines is 1. The Hall–Kier alpha value is -2.02. The lowest BCUT2D eigenvalue weighted by Crippen LogP contribution is -2.53. The smallest absolute Gasteiger partial charge is 0.239 e. The quantitative estimate of drug-likeness (QED) is 0.683. The molecule has 1 aliphatic carbocycles. The van der Waals surface area contributed by atoms with Crippen molar-refractivity contribution >= 4 is 45.7 Å². The van der Waals surface area contributed by atoms with Crippen molar-refractivity contribution < 1.29 is 4.79 Å². The first-order chi connectivity index (χ1) is 15.5. The summed E-state index contributed by atoms with van der Waals surface area (Å²) in [6, 6.07) is 6.61. The van der Waals surface area contributed by atoms with Gasteiger partial charge in [0.15, 0.2) is 0 Å². The molecule has 6 nitrogen and oxygen atoms in total. The number of aromatic nitrogens is 2. The molecule has 0 saturated carbocycles. The molecule has 1 aromatic carbocycles. The predicted molar refractivity (Wildman–Crippen MR) is 130 cm³/mol. The number of nitrogens with one attached hydrogen (secondary N) is 1. The molecule has 2 aliphatic heterocycles. The minimum absolute atomic E-state index is 0.0121. The summed E-state index contributed by atoms with van der Waals surface area (Å²) in [6.45, 7) is 6.31. The average Bonchev–Trinajstić information content (AvgIpc) is 3.48. The molecular weight excluding hydrogens is 445 g/mol. The number of hydrogen-bond acceptors (Lipinski definition) is 4. The van der Waals surface area contributed by atoms with Crippen LogP contribution in [0.1, 0.15) is 25.8 Å². The van der Waals surface area contributed by atoms with Crippen LogP contribution in [0, 0.1) is 5.92 Å².